The van der Waals surface area contributed by atoms with Crippen LogP contribution in [0.1, 0.15) is 19.4 Å². The largest absolute Gasteiger partial charge is 0.398 e. The molecule has 0 aromatic carbocycles. The number of nitrogens with two attached hydrogens (primary N) is 2. The second-order valence-corrected chi connectivity index (χ2v) is 1.91. The molecule has 0 atom stereocenters. The molecule has 0 bridgehead atoms. The van der Waals surface area contributed by atoms with E-state index in [1.807, 2.05) is 20.8 Å². The van der Waals surface area contributed by atoms with Crippen molar-refractivity contribution in [3.63, 3.8) is 0 Å². The Morgan fingerprint density at radius 3 is 2.18 bits per heavy atom. The minimum absolute atomic E-state index is 0.509. The summed E-state index contributed by atoms with van der Waals surface area (Å²) in [7, 11) is 0. The van der Waals surface area contributed by atoms with Crippen LogP contribution in [0.3, 0.4) is 0 Å². The molecule has 0 fully saturated rings. The first-order valence-electron chi connectivity index (χ1n) is 3.68. The van der Waals surface area contributed by atoms with Gasteiger partial charge in [-0.25, -0.2) is 4.98 Å². The Bertz CT molecular complexity index is 200. The molecule has 1 aromatic heterocycles. The van der Waals surface area contributed by atoms with E-state index in [0.29, 0.717) is 11.5 Å². The SMILES string of the molecule is CC.Cc1c(N)ccnc1N. The maximum atomic E-state index is 5.50. The van der Waals surface area contributed by atoms with Crippen molar-refractivity contribution in [2.75, 3.05) is 11.5 Å². The molecule has 0 saturated heterocycles. The zero-order valence-electron chi connectivity index (χ0n) is 7.26. The summed E-state index contributed by atoms with van der Waals surface area (Å²) in [5, 5.41) is 0. The molecule has 0 saturated carbocycles. The summed E-state index contributed by atoms with van der Waals surface area (Å²) >= 11 is 0. The molecule has 11 heavy (non-hydrogen) atoms. The summed E-state index contributed by atoms with van der Waals surface area (Å²) in [6.45, 7) is 5.84. The Labute approximate surface area is 67.4 Å². The molecule has 1 rings (SSSR count). The Hall–Kier alpha value is -1.25. The van der Waals surface area contributed by atoms with E-state index in [1.165, 1.54) is 0 Å². The Balaban J connectivity index is 0.000000461. The molecule has 3 heteroatoms. The lowest BCUT2D eigenvalue weighted by Gasteiger charge is -1.99. The monoisotopic (exact) mass is 153 g/mol. The average molecular weight is 153 g/mol. The summed E-state index contributed by atoms with van der Waals surface area (Å²) in [4.78, 5) is 3.84. The van der Waals surface area contributed by atoms with Crippen LogP contribution in [0, 0.1) is 6.92 Å². The van der Waals surface area contributed by atoms with Crippen LogP contribution >= 0.6 is 0 Å². The van der Waals surface area contributed by atoms with Gasteiger partial charge in [0.15, 0.2) is 0 Å². The van der Waals surface area contributed by atoms with Crippen molar-refractivity contribution in [2.24, 2.45) is 0 Å². The second kappa shape index (κ2) is 4.55. The molecule has 1 aromatic rings. The van der Waals surface area contributed by atoms with Crippen LogP contribution in [0.2, 0.25) is 0 Å². The number of nitrogen functional groups attached to an aromatic ring is 2. The van der Waals surface area contributed by atoms with E-state index in [4.69, 9.17) is 11.5 Å². The van der Waals surface area contributed by atoms with Crippen LogP contribution in [0.4, 0.5) is 11.5 Å². The van der Waals surface area contributed by atoms with E-state index < -0.39 is 0 Å². The number of hydrogen-bond acceptors (Lipinski definition) is 3. The molecule has 0 aliphatic heterocycles. The van der Waals surface area contributed by atoms with Gasteiger partial charge < -0.3 is 11.5 Å². The van der Waals surface area contributed by atoms with Gasteiger partial charge >= 0.3 is 0 Å². The second-order valence-electron chi connectivity index (χ2n) is 1.91. The van der Waals surface area contributed by atoms with E-state index >= 15 is 0 Å². The van der Waals surface area contributed by atoms with Gasteiger partial charge in [0, 0.05) is 17.4 Å². The first-order valence-corrected chi connectivity index (χ1v) is 3.68. The molecular formula is C8H15N3. The van der Waals surface area contributed by atoms with E-state index in [1.54, 1.807) is 12.3 Å². The molecule has 4 N–H and O–H groups in total. The van der Waals surface area contributed by atoms with Crippen molar-refractivity contribution in [3.05, 3.63) is 17.8 Å². The van der Waals surface area contributed by atoms with Crippen LogP contribution in [-0.4, -0.2) is 4.98 Å². The van der Waals surface area contributed by atoms with Crippen molar-refractivity contribution in [1.29, 1.82) is 0 Å². The Morgan fingerprint density at radius 2 is 1.82 bits per heavy atom. The highest BCUT2D eigenvalue weighted by atomic mass is 14.8. The fraction of sp³-hybridized carbons (Fsp3) is 0.375. The normalized spacial score (nSPS) is 8.27. The fourth-order valence-corrected chi connectivity index (χ4v) is 0.568. The van der Waals surface area contributed by atoms with Gasteiger partial charge in [-0.1, -0.05) is 13.8 Å². The highest BCUT2D eigenvalue weighted by Gasteiger charge is 1.94. The van der Waals surface area contributed by atoms with Crippen molar-refractivity contribution in [2.45, 2.75) is 20.8 Å². The Kier molecular flexibility index (Phi) is 4.03. The lowest BCUT2D eigenvalue weighted by Crippen LogP contribution is -1.97. The third-order valence-corrected chi connectivity index (χ3v) is 1.28. The predicted molar refractivity (Wildman–Crippen MR) is 49.1 cm³/mol. The maximum absolute atomic E-state index is 5.50. The highest BCUT2D eigenvalue weighted by Crippen LogP contribution is 2.12. The average Bonchev–Trinajstić information content (AvgIpc) is 2.04. The number of rotatable bonds is 0. The fourth-order valence-electron chi connectivity index (χ4n) is 0.568. The lowest BCUT2D eigenvalue weighted by molar-refractivity contribution is 1.28. The van der Waals surface area contributed by atoms with Crippen molar-refractivity contribution in [3.8, 4) is 0 Å². The number of pyridine rings is 1. The van der Waals surface area contributed by atoms with E-state index in [2.05, 4.69) is 4.98 Å². The zero-order valence-corrected chi connectivity index (χ0v) is 7.26. The van der Waals surface area contributed by atoms with Crippen LogP contribution in [-0.2, 0) is 0 Å². The molecule has 0 spiro atoms. The van der Waals surface area contributed by atoms with E-state index in [-0.39, 0.29) is 0 Å². The number of hydrogen-bond donors (Lipinski definition) is 2. The van der Waals surface area contributed by atoms with Crippen LogP contribution in [0.5, 0.6) is 0 Å². The van der Waals surface area contributed by atoms with Gasteiger partial charge in [0.25, 0.3) is 0 Å². The zero-order chi connectivity index (χ0) is 8.85. The van der Waals surface area contributed by atoms with Crippen molar-refractivity contribution in [1.82, 2.24) is 4.98 Å². The van der Waals surface area contributed by atoms with Crippen LogP contribution in [0.15, 0.2) is 12.3 Å². The summed E-state index contributed by atoms with van der Waals surface area (Å²) < 4.78 is 0. The third-order valence-electron chi connectivity index (χ3n) is 1.28. The first kappa shape index (κ1) is 9.75. The van der Waals surface area contributed by atoms with Crippen LogP contribution < -0.4 is 11.5 Å². The van der Waals surface area contributed by atoms with E-state index in [0.717, 1.165) is 5.56 Å². The highest BCUT2D eigenvalue weighted by molar-refractivity contribution is 5.55. The molecule has 0 aliphatic carbocycles. The quantitative estimate of drug-likeness (QED) is 0.594. The van der Waals surface area contributed by atoms with Crippen molar-refractivity contribution < 1.29 is 0 Å². The van der Waals surface area contributed by atoms with Gasteiger partial charge in [-0.3, -0.25) is 0 Å². The molecular weight excluding hydrogens is 138 g/mol. The smallest absolute Gasteiger partial charge is 0.128 e. The van der Waals surface area contributed by atoms with Gasteiger partial charge in [-0.15, -0.1) is 0 Å². The minimum Gasteiger partial charge on any atom is -0.398 e. The molecule has 3 nitrogen and oxygen atoms in total. The van der Waals surface area contributed by atoms with Gasteiger partial charge in [-0.2, -0.15) is 0 Å². The van der Waals surface area contributed by atoms with Crippen LogP contribution in [0.25, 0.3) is 0 Å². The molecule has 0 amide bonds. The number of nitrogens with zero attached hydrogens (tertiary/aromatic N) is 1. The summed E-state index contributed by atoms with van der Waals surface area (Å²) in [6.07, 6.45) is 1.59. The standard InChI is InChI=1S/C6H9N3.C2H6/c1-4-5(7)2-3-9-6(4)8;1-2/h2-3H,1H3,(H4,7,8,9);1-2H3. The third kappa shape index (κ3) is 2.45. The number of aromatic nitrogens is 1. The van der Waals surface area contributed by atoms with Gasteiger partial charge in [0.1, 0.15) is 5.82 Å². The Morgan fingerprint density at radius 1 is 1.27 bits per heavy atom. The molecule has 62 valence electrons. The number of anilines is 2. The molecule has 0 radical (unpaired) electrons. The predicted octanol–water partition coefficient (Wildman–Crippen LogP) is 1.58. The lowest BCUT2D eigenvalue weighted by atomic mass is 10.2. The minimum atomic E-state index is 0.509. The van der Waals surface area contributed by atoms with Gasteiger partial charge in [0.2, 0.25) is 0 Å². The molecule has 0 aliphatic rings. The maximum Gasteiger partial charge on any atom is 0.128 e. The van der Waals surface area contributed by atoms with Crippen molar-refractivity contribution >= 4 is 11.5 Å². The topological polar surface area (TPSA) is 64.9 Å². The van der Waals surface area contributed by atoms with E-state index in [9.17, 15) is 0 Å². The molecule has 0 unspecified atom stereocenters. The summed E-state index contributed by atoms with van der Waals surface area (Å²) in [6, 6.07) is 1.73. The summed E-state index contributed by atoms with van der Waals surface area (Å²) in [5.74, 6) is 0.509. The molecule has 1 heterocycles. The van der Waals surface area contributed by atoms with Gasteiger partial charge in [0.05, 0.1) is 0 Å². The van der Waals surface area contributed by atoms with Gasteiger partial charge in [-0.05, 0) is 13.0 Å². The summed E-state index contributed by atoms with van der Waals surface area (Å²) in [5.41, 5.74) is 12.5. The first-order chi connectivity index (χ1) is 5.22.